The third-order valence-electron chi connectivity index (χ3n) is 6.42. The Morgan fingerprint density at radius 2 is 1.59 bits per heavy atom. The van der Waals surface area contributed by atoms with Crippen molar-refractivity contribution in [3.63, 3.8) is 0 Å². The molecule has 1 heterocycles. The number of amides is 2. The van der Waals surface area contributed by atoms with Gasteiger partial charge in [-0.05, 0) is 50.7 Å². The number of benzene rings is 2. The SMILES string of the molecule is CC1(C)COC(=O)[C@@H](Cc2ccccc2)CC=CC[C@H](CC(=O)N[C@H](CO)Cc2ccccc2)C(=O)N1. The highest BCUT2D eigenvalue weighted by Crippen LogP contribution is 2.20. The molecule has 1 aliphatic heterocycles. The quantitative estimate of drug-likeness (QED) is 0.376. The van der Waals surface area contributed by atoms with Gasteiger partial charge in [-0.15, -0.1) is 0 Å². The first-order chi connectivity index (χ1) is 17.8. The van der Waals surface area contributed by atoms with Gasteiger partial charge in [0, 0.05) is 6.42 Å². The van der Waals surface area contributed by atoms with Gasteiger partial charge in [0.1, 0.15) is 6.61 Å². The largest absolute Gasteiger partial charge is 0.463 e. The minimum Gasteiger partial charge on any atom is -0.463 e. The fourth-order valence-electron chi connectivity index (χ4n) is 4.38. The fraction of sp³-hybridized carbons (Fsp3) is 0.433. The minimum absolute atomic E-state index is 0.00915. The monoisotopic (exact) mass is 506 g/mol. The highest BCUT2D eigenvalue weighted by molar-refractivity contribution is 5.86. The zero-order chi connectivity index (χ0) is 26.7. The van der Waals surface area contributed by atoms with E-state index >= 15 is 0 Å². The van der Waals surface area contributed by atoms with Gasteiger partial charge in [0.2, 0.25) is 11.8 Å². The molecule has 3 rings (SSSR count). The van der Waals surface area contributed by atoms with E-state index in [1.54, 1.807) is 13.8 Å². The van der Waals surface area contributed by atoms with Crippen LogP contribution < -0.4 is 10.6 Å². The van der Waals surface area contributed by atoms with Crippen LogP contribution in [0.25, 0.3) is 0 Å². The second-order valence-corrected chi connectivity index (χ2v) is 10.3. The van der Waals surface area contributed by atoms with Gasteiger partial charge < -0.3 is 20.5 Å². The molecule has 0 unspecified atom stereocenters. The Balaban J connectivity index is 1.67. The average molecular weight is 507 g/mol. The number of hydrogen-bond donors (Lipinski definition) is 3. The molecule has 0 bridgehead atoms. The van der Waals surface area contributed by atoms with E-state index in [1.165, 1.54) is 0 Å². The Labute approximate surface area is 219 Å². The number of carbonyl (C=O) groups is 3. The van der Waals surface area contributed by atoms with Gasteiger partial charge >= 0.3 is 5.97 Å². The molecule has 0 radical (unpaired) electrons. The normalized spacial score (nSPS) is 21.1. The van der Waals surface area contributed by atoms with Crippen molar-refractivity contribution in [2.75, 3.05) is 13.2 Å². The van der Waals surface area contributed by atoms with Crippen LogP contribution in [0.1, 0.15) is 44.2 Å². The van der Waals surface area contributed by atoms with Gasteiger partial charge in [-0.2, -0.15) is 0 Å². The molecule has 2 aromatic rings. The van der Waals surface area contributed by atoms with Crippen molar-refractivity contribution in [2.24, 2.45) is 11.8 Å². The molecular formula is C30H38N2O5. The summed E-state index contributed by atoms with van der Waals surface area (Å²) in [6.45, 7) is 3.43. The Morgan fingerprint density at radius 1 is 1.00 bits per heavy atom. The Kier molecular flexibility index (Phi) is 10.4. The average Bonchev–Trinajstić information content (AvgIpc) is 2.88. The number of cyclic esters (lactones) is 1. The summed E-state index contributed by atoms with van der Waals surface area (Å²) in [5, 5.41) is 15.6. The number of hydrogen-bond acceptors (Lipinski definition) is 5. The number of aliphatic hydroxyl groups excluding tert-OH is 1. The summed E-state index contributed by atoms with van der Waals surface area (Å²) in [5.41, 5.74) is 1.28. The molecule has 37 heavy (non-hydrogen) atoms. The predicted molar refractivity (Wildman–Crippen MR) is 142 cm³/mol. The lowest BCUT2D eigenvalue weighted by Crippen LogP contribution is -2.50. The van der Waals surface area contributed by atoms with Gasteiger partial charge in [0.05, 0.1) is 30.0 Å². The van der Waals surface area contributed by atoms with Crippen LogP contribution in [0.4, 0.5) is 0 Å². The summed E-state index contributed by atoms with van der Waals surface area (Å²) < 4.78 is 5.61. The maximum Gasteiger partial charge on any atom is 0.309 e. The molecule has 0 aromatic heterocycles. The van der Waals surface area contributed by atoms with Gasteiger partial charge in [-0.1, -0.05) is 72.8 Å². The molecule has 1 aliphatic rings. The number of carbonyl (C=O) groups excluding carboxylic acids is 3. The number of allylic oxidation sites excluding steroid dienone is 2. The molecule has 198 valence electrons. The molecule has 3 N–H and O–H groups in total. The van der Waals surface area contributed by atoms with E-state index in [0.29, 0.717) is 25.7 Å². The molecule has 0 saturated heterocycles. The maximum absolute atomic E-state index is 13.1. The lowest BCUT2D eigenvalue weighted by Gasteiger charge is -2.29. The fourth-order valence-corrected chi connectivity index (χ4v) is 4.38. The number of rotatable bonds is 8. The van der Waals surface area contributed by atoms with Crippen LogP contribution in [0.5, 0.6) is 0 Å². The maximum atomic E-state index is 13.1. The van der Waals surface area contributed by atoms with Crippen LogP contribution in [0.15, 0.2) is 72.8 Å². The molecular weight excluding hydrogens is 468 g/mol. The van der Waals surface area contributed by atoms with E-state index in [9.17, 15) is 19.5 Å². The van der Waals surface area contributed by atoms with Gasteiger partial charge in [0.15, 0.2) is 0 Å². The molecule has 7 heteroatoms. The number of ether oxygens (including phenoxy) is 1. The molecule has 0 aliphatic carbocycles. The highest BCUT2D eigenvalue weighted by Gasteiger charge is 2.30. The van der Waals surface area contributed by atoms with Crippen molar-refractivity contribution >= 4 is 17.8 Å². The van der Waals surface area contributed by atoms with Crippen LogP contribution in [-0.4, -0.2) is 47.7 Å². The molecule has 3 atom stereocenters. The number of nitrogens with one attached hydrogen (secondary N) is 2. The topological polar surface area (TPSA) is 105 Å². The van der Waals surface area contributed by atoms with Crippen LogP contribution in [0.3, 0.4) is 0 Å². The summed E-state index contributed by atoms with van der Waals surface area (Å²) in [4.78, 5) is 38.8. The molecule has 0 fully saturated rings. The lowest BCUT2D eigenvalue weighted by molar-refractivity contribution is -0.151. The predicted octanol–water partition coefficient (Wildman–Crippen LogP) is 3.36. The molecule has 2 aromatic carbocycles. The second-order valence-electron chi connectivity index (χ2n) is 10.3. The van der Waals surface area contributed by atoms with Crippen molar-refractivity contribution < 1.29 is 24.2 Å². The van der Waals surface area contributed by atoms with Crippen molar-refractivity contribution in [3.05, 3.63) is 83.9 Å². The van der Waals surface area contributed by atoms with Crippen molar-refractivity contribution in [2.45, 2.75) is 57.5 Å². The second kappa shape index (κ2) is 13.7. The van der Waals surface area contributed by atoms with E-state index in [0.717, 1.165) is 11.1 Å². The molecule has 7 nitrogen and oxygen atoms in total. The summed E-state index contributed by atoms with van der Waals surface area (Å²) >= 11 is 0. The third kappa shape index (κ3) is 9.50. The molecule has 2 amide bonds. The highest BCUT2D eigenvalue weighted by atomic mass is 16.5. The first-order valence-corrected chi connectivity index (χ1v) is 12.9. The van der Waals surface area contributed by atoms with Crippen LogP contribution in [0.2, 0.25) is 0 Å². The van der Waals surface area contributed by atoms with Crippen molar-refractivity contribution in [1.82, 2.24) is 10.6 Å². The summed E-state index contributed by atoms with van der Waals surface area (Å²) in [5.74, 6) is -1.78. The first-order valence-electron chi connectivity index (χ1n) is 12.9. The van der Waals surface area contributed by atoms with Gasteiger partial charge in [-0.25, -0.2) is 0 Å². The van der Waals surface area contributed by atoms with Crippen LogP contribution in [-0.2, 0) is 32.0 Å². The summed E-state index contributed by atoms with van der Waals surface area (Å²) in [6.07, 6.45) is 5.66. The first kappa shape index (κ1) is 28.1. The van der Waals surface area contributed by atoms with Crippen molar-refractivity contribution in [3.8, 4) is 0 Å². The Hall–Kier alpha value is -3.45. The van der Waals surface area contributed by atoms with E-state index in [4.69, 9.17) is 4.74 Å². The van der Waals surface area contributed by atoms with E-state index < -0.39 is 17.5 Å². The Morgan fingerprint density at radius 3 is 2.22 bits per heavy atom. The van der Waals surface area contributed by atoms with Gasteiger partial charge in [-0.3, -0.25) is 14.4 Å². The van der Waals surface area contributed by atoms with E-state index in [2.05, 4.69) is 10.6 Å². The van der Waals surface area contributed by atoms with E-state index in [-0.39, 0.29) is 43.3 Å². The Bertz CT molecular complexity index is 1050. The number of aliphatic hydroxyl groups is 1. The van der Waals surface area contributed by atoms with Crippen molar-refractivity contribution in [1.29, 1.82) is 0 Å². The van der Waals surface area contributed by atoms with E-state index in [1.807, 2.05) is 72.8 Å². The minimum atomic E-state index is -0.789. The summed E-state index contributed by atoms with van der Waals surface area (Å²) in [6, 6.07) is 19.0. The smallest absolute Gasteiger partial charge is 0.309 e. The summed E-state index contributed by atoms with van der Waals surface area (Å²) in [7, 11) is 0. The molecule has 0 saturated carbocycles. The zero-order valence-electron chi connectivity index (χ0n) is 21.7. The molecule has 0 spiro atoms. The number of esters is 1. The lowest BCUT2D eigenvalue weighted by atomic mass is 9.93. The standard InChI is InChI=1S/C30H38N2O5/c1-30(2)21-37-29(36)25(17-22-11-5-3-6-12-22)16-10-9-15-24(28(35)32-30)19-27(34)31-26(20-33)18-23-13-7-4-8-14-23/h3-14,24-26,33H,15-21H2,1-2H3,(H,31,34)(H,32,35)/t24-,25-,26+/m1/s1. The van der Waals surface area contributed by atoms with Gasteiger partial charge in [0.25, 0.3) is 0 Å². The van der Waals surface area contributed by atoms with Crippen LogP contribution >= 0.6 is 0 Å². The zero-order valence-corrected chi connectivity index (χ0v) is 21.7. The third-order valence-corrected chi connectivity index (χ3v) is 6.42. The van der Waals surface area contributed by atoms with Crippen LogP contribution in [0, 0.1) is 11.8 Å².